The number of para-hydroxylation sites is 1. The fourth-order valence-electron chi connectivity index (χ4n) is 3.40. The van der Waals surface area contributed by atoms with E-state index < -0.39 is 6.04 Å². The molecule has 0 saturated heterocycles. The summed E-state index contributed by atoms with van der Waals surface area (Å²) in [6, 6.07) is 7.29. The van der Waals surface area contributed by atoms with Crippen LogP contribution in [0.3, 0.4) is 0 Å². The fraction of sp³-hybridized carbons (Fsp3) is 0.412. The van der Waals surface area contributed by atoms with Crippen molar-refractivity contribution in [2.75, 3.05) is 7.11 Å². The summed E-state index contributed by atoms with van der Waals surface area (Å²) >= 11 is 0. The maximum Gasteiger partial charge on any atom is 0.328 e. The molecule has 1 aromatic heterocycles. The molecule has 0 spiro atoms. The van der Waals surface area contributed by atoms with Crippen LogP contribution in [0, 0.1) is 0 Å². The van der Waals surface area contributed by atoms with Crippen LogP contribution in [0.2, 0.25) is 0 Å². The number of fused-ring (bicyclic) bond motifs is 3. The molecular weight excluding hydrogens is 280 g/mol. The van der Waals surface area contributed by atoms with E-state index >= 15 is 0 Å². The second kappa shape index (κ2) is 5.48. The minimum absolute atomic E-state index is 0.0350. The van der Waals surface area contributed by atoms with Gasteiger partial charge >= 0.3 is 5.97 Å². The maximum atomic E-state index is 12.3. The zero-order valence-corrected chi connectivity index (χ0v) is 13.1. The van der Waals surface area contributed by atoms with Crippen LogP contribution in [0.1, 0.15) is 37.6 Å². The average Bonchev–Trinajstić information content (AvgIpc) is 2.92. The first-order chi connectivity index (χ1) is 10.6. The van der Waals surface area contributed by atoms with Gasteiger partial charge in [0, 0.05) is 29.4 Å². The van der Waals surface area contributed by atoms with Crippen LogP contribution in [0.15, 0.2) is 24.3 Å². The molecule has 1 aliphatic heterocycles. The highest BCUT2D eigenvalue weighted by Gasteiger charge is 2.40. The number of esters is 1. The molecule has 3 rings (SSSR count). The van der Waals surface area contributed by atoms with Gasteiger partial charge in [0.05, 0.1) is 13.2 Å². The fourth-order valence-corrected chi connectivity index (χ4v) is 3.40. The summed E-state index contributed by atoms with van der Waals surface area (Å²) in [7, 11) is 1.37. The topological polar surface area (TPSA) is 62.4 Å². The Kier molecular flexibility index (Phi) is 3.64. The van der Waals surface area contributed by atoms with Gasteiger partial charge in [-0.3, -0.25) is 4.79 Å². The summed E-state index contributed by atoms with van der Waals surface area (Å²) in [6.45, 7) is 3.76. The van der Waals surface area contributed by atoms with Gasteiger partial charge in [0.15, 0.2) is 0 Å². The number of hydrogen-bond acceptors (Lipinski definition) is 3. The number of ether oxygens (including phenoxy) is 1. The number of nitrogens with one attached hydrogen (secondary N) is 1. The van der Waals surface area contributed by atoms with E-state index in [-0.39, 0.29) is 17.9 Å². The van der Waals surface area contributed by atoms with Gasteiger partial charge in [0.2, 0.25) is 5.91 Å². The molecule has 0 radical (unpaired) electrons. The molecule has 5 heteroatoms. The number of amides is 1. The summed E-state index contributed by atoms with van der Waals surface area (Å²) in [5, 5.41) is 1.11. The Morgan fingerprint density at radius 1 is 1.36 bits per heavy atom. The Labute approximate surface area is 129 Å². The lowest BCUT2D eigenvalue weighted by molar-refractivity contribution is -0.155. The first-order valence-corrected chi connectivity index (χ1v) is 7.57. The van der Waals surface area contributed by atoms with Crippen LogP contribution < -0.4 is 0 Å². The highest BCUT2D eigenvalue weighted by Crippen LogP contribution is 2.37. The third-order valence-electron chi connectivity index (χ3n) is 4.48. The number of carbonyl (C=O) groups excluding carboxylic acids is 2. The number of aromatic amines is 1. The third kappa shape index (κ3) is 2.08. The Morgan fingerprint density at radius 3 is 2.77 bits per heavy atom. The zero-order chi connectivity index (χ0) is 15.9. The molecule has 1 aliphatic rings. The Balaban J connectivity index is 2.14. The molecule has 116 valence electrons. The normalized spacial score (nSPS) is 20.8. The van der Waals surface area contributed by atoms with E-state index in [0.29, 0.717) is 12.8 Å². The second-order valence-corrected chi connectivity index (χ2v) is 5.64. The number of methoxy groups -OCH3 is 1. The predicted octanol–water partition coefficient (Wildman–Crippen LogP) is 2.57. The van der Waals surface area contributed by atoms with Crippen molar-refractivity contribution in [1.29, 1.82) is 0 Å². The summed E-state index contributed by atoms with van der Waals surface area (Å²) in [4.78, 5) is 29.6. The zero-order valence-electron chi connectivity index (χ0n) is 13.1. The smallest absolute Gasteiger partial charge is 0.328 e. The number of carbonyl (C=O) groups is 2. The highest BCUT2D eigenvalue weighted by molar-refractivity contribution is 5.90. The lowest BCUT2D eigenvalue weighted by Crippen LogP contribution is -2.50. The molecule has 0 saturated carbocycles. The van der Waals surface area contributed by atoms with E-state index in [1.807, 2.05) is 38.1 Å². The van der Waals surface area contributed by atoms with E-state index in [1.165, 1.54) is 7.11 Å². The monoisotopic (exact) mass is 300 g/mol. The number of rotatable bonds is 2. The molecular formula is C17H20N2O3. The standard InChI is InChI=1S/C17H20N2O3/c1-4-15(20)19-10(2)16-12(9-14(19)17(21)22-3)11-7-5-6-8-13(11)18-16/h5-8,10,14,18H,4,9H2,1-3H3/t10-,14-/m0/s1. The molecule has 0 fully saturated rings. The molecule has 1 aromatic carbocycles. The van der Waals surface area contributed by atoms with Crippen LogP contribution >= 0.6 is 0 Å². The number of nitrogens with zero attached hydrogens (tertiary/aromatic N) is 1. The van der Waals surface area contributed by atoms with Gasteiger partial charge in [-0.1, -0.05) is 25.1 Å². The van der Waals surface area contributed by atoms with Crippen molar-refractivity contribution in [3.63, 3.8) is 0 Å². The van der Waals surface area contributed by atoms with Gasteiger partial charge in [-0.15, -0.1) is 0 Å². The minimum Gasteiger partial charge on any atom is -0.467 e. The Morgan fingerprint density at radius 2 is 2.09 bits per heavy atom. The summed E-state index contributed by atoms with van der Waals surface area (Å²) in [5.41, 5.74) is 3.16. The number of aromatic nitrogens is 1. The molecule has 5 nitrogen and oxygen atoms in total. The van der Waals surface area contributed by atoms with Crippen LogP contribution in [0.4, 0.5) is 0 Å². The summed E-state index contributed by atoms with van der Waals surface area (Å²) in [5.74, 6) is -0.392. The first-order valence-electron chi connectivity index (χ1n) is 7.57. The molecule has 0 unspecified atom stereocenters. The predicted molar refractivity (Wildman–Crippen MR) is 83.4 cm³/mol. The molecule has 1 N–H and O–H groups in total. The van der Waals surface area contributed by atoms with Crippen LogP contribution in [0.25, 0.3) is 10.9 Å². The number of benzene rings is 1. The van der Waals surface area contributed by atoms with Crippen LogP contribution in [-0.4, -0.2) is 34.9 Å². The maximum absolute atomic E-state index is 12.3. The van der Waals surface area contributed by atoms with Crippen molar-refractivity contribution in [2.45, 2.75) is 38.8 Å². The lowest BCUT2D eigenvalue weighted by Gasteiger charge is -2.39. The molecule has 22 heavy (non-hydrogen) atoms. The highest BCUT2D eigenvalue weighted by atomic mass is 16.5. The number of hydrogen-bond donors (Lipinski definition) is 1. The SMILES string of the molecule is CCC(=O)N1[C@H](C(=O)OC)Cc2c([nH]c3ccccc23)[C@@H]1C. The van der Waals surface area contributed by atoms with E-state index in [2.05, 4.69) is 4.98 Å². The van der Waals surface area contributed by atoms with Crippen molar-refractivity contribution < 1.29 is 14.3 Å². The van der Waals surface area contributed by atoms with Crippen molar-refractivity contribution in [2.24, 2.45) is 0 Å². The Hall–Kier alpha value is -2.30. The molecule has 2 heterocycles. The minimum atomic E-state index is -0.556. The van der Waals surface area contributed by atoms with Crippen LogP contribution in [0.5, 0.6) is 0 Å². The van der Waals surface area contributed by atoms with E-state index in [9.17, 15) is 9.59 Å². The van der Waals surface area contributed by atoms with Crippen molar-refractivity contribution in [3.8, 4) is 0 Å². The van der Waals surface area contributed by atoms with Crippen molar-refractivity contribution >= 4 is 22.8 Å². The second-order valence-electron chi connectivity index (χ2n) is 5.64. The van der Waals surface area contributed by atoms with Crippen LogP contribution in [-0.2, 0) is 20.7 Å². The molecule has 2 atom stereocenters. The summed E-state index contributed by atoms with van der Waals surface area (Å²) < 4.78 is 4.92. The van der Waals surface area contributed by atoms with Gasteiger partial charge in [-0.25, -0.2) is 4.79 Å². The van der Waals surface area contributed by atoms with Crippen molar-refractivity contribution in [3.05, 3.63) is 35.5 Å². The molecule has 1 amide bonds. The molecule has 0 bridgehead atoms. The lowest BCUT2D eigenvalue weighted by atomic mass is 9.92. The summed E-state index contributed by atoms with van der Waals surface area (Å²) in [6.07, 6.45) is 0.857. The van der Waals surface area contributed by atoms with E-state index in [1.54, 1.807) is 4.90 Å². The van der Waals surface area contributed by atoms with Crippen molar-refractivity contribution in [1.82, 2.24) is 9.88 Å². The van der Waals surface area contributed by atoms with Gasteiger partial charge in [-0.05, 0) is 18.6 Å². The van der Waals surface area contributed by atoms with Gasteiger partial charge in [0.25, 0.3) is 0 Å². The first kappa shape index (κ1) is 14.6. The Bertz CT molecular complexity index is 735. The van der Waals surface area contributed by atoms with Gasteiger partial charge < -0.3 is 14.6 Å². The quantitative estimate of drug-likeness (QED) is 0.867. The molecule has 2 aromatic rings. The molecule has 0 aliphatic carbocycles. The van der Waals surface area contributed by atoms with E-state index in [4.69, 9.17) is 4.74 Å². The van der Waals surface area contributed by atoms with Gasteiger partial charge in [0.1, 0.15) is 6.04 Å². The van der Waals surface area contributed by atoms with Gasteiger partial charge in [-0.2, -0.15) is 0 Å². The largest absolute Gasteiger partial charge is 0.467 e. The van der Waals surface area contributed by atoms with E-state index in [0.717, 1.165) is 22.2 Å². The number of H-pyrrole nitrogens is 1. The third-order valence-corrected chi connectivity index (χ3v) is 4.48. The average molecular weight is 300 g/mol.